The summed E-state index contributed by atoms with van der Waals surface area (Å²) in [6, 6.07) is 13.1. The highest BCUT2D eigenvalue weighted by molar-refractivity contribution is 6.09. The molecule has 0 saturated heterocycles. The van der Waals surface area contributed by atoms with Gasteiger partial charge in [-0.15, -0.1) is 0 Å². The number of rotatable bonds is 8. The zero-order valence-electron chi connectivity index (χ0n) is 18.8. The van der Waals surface area contributed by atoms with Crippen molar-refractivity contribution in [3.63, 3.8) is 0 Å². The highest BCUT2D eigenvalue weighted by atomic mass is 16.5. The number of nitrogens with zero attached hydrogens (tertiary/aromatic N) is 3. The molecular weight excluding hydrogens is 404 g/mol. The number of hydrogen-bond donors (Lipinski definition) is 1. The Balaban J connectivity index is 2.08. The van der Waals surface area contributed by atoms with Crippen LogP contribution in [0.25, 0.3) is 11.1 Å². The van der Waals surface area contributed by atoms with Gasteiger partial charge in [0.05, 0.1) is 29.2 Å². The topological polar surface area (TPSA) is 84.4 Å². The molecule has 3 aromatic rings. The lowest BCUT2D eigenvalue weighted by Gasteiger charge is -2.27. The van der Waals surface area contributed by atoms with Crippen LogP contribution in [0.2, 0.25) is 0 Å². The zero-order valence-corrected chi connectivity index (χ0v) is 18.8. The van der Waals surface area contributed by atoms with Crippen LogP contribution >= 0.6 is 0 Å². The van der Waals surface area contributed by atoms with E-state index in [1.165, 1.54) is 7.11 Å². The lowest BCUT2D eigenvalue weighted by atomic mass is 9.97. The summed E-state index contributed by atoms with van der Waals surface area (Å²) in [5, 5.41) is 2.98. The van der Waals surface area contributed by atoms with Gasteiger partial charge in [0.1, 0.15) is 6.61 Å². The Morgan fingerprint density at radius 1 is 1.12 bits per heavy atom. The molecule has 32 heavy (non-hydrogen) atoms. The van der Waals surface area contributed by atoms with E-state index in [2.05, 4.69) is 15.3 Å². The van der Waals surface area contributed by atoms with E-state index in [4.69, 9.17) is 4.74 Å². The van der Waals surface area contributed by atoms with E-state index in [1.54, 1.807) is 29.6 Å². The molecule has 7 nitrogen and oxygen atoms in total. The van der Waals surface area contributed by atoms with Gasteiger partial charge in [0, 0.05) is 31.6 Å². The number of aromatic nitrogens is 2. The summed E-state index contributed by atoms with van der Waals surface area (Å²) < 4.78 is 5.09. The molecule has 2 amide bonds. The normalized spacial score (nSPS) is 11.6. The van der Waals surface area contributed by atoms with E-state index in [9.17, 15) is 9.59 Å². The molecule has 1 unspecified atom stereocenters. The van der Waals surface area contributed by atoms with E-state index in [1.807, 2.05) is 57.2 Å². The number of amides is 2. The summed E-state index contributed by atoms with van der Waals surface area (Å²) in [4.78, 5) is 36.2. The van der Waals surface area contributed by atoms with Crippen LogP contribution in [0.4, 0.5) is 5.69 Å². The summed E-state index contributed by atoms with van der Waals surface area (Å²) in [5.74, 6) is -0.513. The van der Waals surface area contributed by atoms with Gasteiger partial charge in [-0.1, -0.05) is 42.0 Å². The Morgan fingerprint density at radius 3 is 2.50 bits per heavy atom. The summed E-state index contributed by atoms with van der Waals surface area (Å²) in [5.41, 5.74) is 4.47. The van der Waals surface area contributed by atoms with E-state index >= 15 is 0 Å². The van der Waals surface area contributed by atoms with Crippen LogP contribution in [0.1, 0.15) is 41.5 Å². The van der Waals surface area contributed by atoms with E-state index in [0.717, 1.165) is 16.7 Å². The minimum atomic E-state index is -0.350. The smallest absolute Gasteiger partial charge is 0.253 e. The Bertz CT molecular complexity index is 1070. The first-order valence-electron chi connectivity index (χ1n) is 10.5. The highest BCUT2D eigenvalue weighted by Crippen LogP contribution is 2.35. The molecule has 0 bridgehead atoms. The molecule has 0 spiro atoms. The molecule has 1 aromatic heterocycles. The van der Waals surface area contributed by atoms with Crippen molar-refractivity contribution in [2.24, 2.45) is 0 Å². The van der Waals surface area contributed by atoms with Crippen molar-refractivity contribution in [1.29, 1.82) is 0 Å². The van der Waals surface area contributed by atoms with Gasteiger partial charge in [0.15, 0.2) is 0 Å². The van der Waals surface area contributed by atoms with Crippen LogP contribution < -0.4 is 10.2 Å². The molecule has 0 aliphatic heterocycles. The number of carbonyl (C=O) groups is 2. The van der Waals surface area contributed by atoms with Gasteiger partial charge in [0.25, 0.3) is 11.8 Å². The van der Waals surface area contributed by atoms with Crippen LogP contribution in [-0.2, 0) is 9.53 Å². The lowest BCUT2D eigenvalue weighted by Crippen LogP contribution is -2.36. The van der Waals surface area contributed by atoms with Gasteiger partial charge < -0.3 is 15.0 Å². The highest BCUT2D eigenvalue weighted by Gasteiger charge is 2.25. The maximum absolute atomic E-state index is 13.4. The number of methoxy groups -OCH3 is 1. The molecule has 1 heterocycles. The average molecular weight is 433 g/mol. The number of anilines is 1. The molecule has 2 aromatic carbocycles. The van der Waals surface area contributed by atoms with Gasteiger partial charge in [0.2, 0.25) is 0 Å². The Labute approximate surface area is 188 Å². The van der Waals surface area contributed by atoms with Crippen molar-refractivity contribution in [3.05, 3.63) is 77.9 Å². The Kier molecular flexibility index (Phi) is 7.68. The van der Waals surface area contributed by atoms with E-state index < -0.39 is 0 Å². The molecule has 166 valence electrons. The number of para-hydroxylation sites is 1. The van der Waals surface area contributed by atoms with Crippen molar-refractivity contribution < 1.29 is 14.3 Å². The lowest BCUT2D eigenvalue weighted by molar-refractivity contribution is -0.122. The van der Waals surface area contributed by atoms with Gasteiger partial charge in [-0.2, -0.15) is 0 Å². The summed E-state index contributed by atoms with van der Waals surface area (Å²) in [6.45, 7) is 6.06. The van der Waals surface area contributed by atoms with Crippen molar-refractivity contribution in [1.82, 2.24) is 15.3 Å². The fourth-order valence-electron chi connectivity index (χ4n) is 3.53. The first-order chi connectivity index (χ1) is 15.5. The fraction of sp³-hybridized carbons (Fsp3) is 0.280. The molecule has 0 fully saturated rings. The Morgan fingerprint density at radius 2 is 1.88 bits per heavy atom. The van der Waals surface area contributed by atoms with Crippen molar-refractivity contribution in [3.8, 4) is 11.1 Å². The number of aryl methyl sites for hydroxylation is 1. The predicted molar refractivity (Wildman–Crippen MR) is 124 cm³/mol. The predicted octanol–water partition coefficient (Wildman–Crippen LogP) is 3.94. The number of carbonyl (C=O) groups excluding carboxylic acids is 2. The molecule has 1 N–H and O–H groups in total. The maximum atomic E-state index is 13.4. The van der Waals surface area contributed by atoms with Gasteiger partial charge in [-0.25, -0.2) is 0 Å². The third kappa shape index (κ3) is 5.18. The fourth-order valence-corrected chi connectivity index (χ4v) is 3.53. The second-order valence-electron chi connectivity index (χ2n) is 7.46. The number of benzene rings is 2. The number of ether oxygens (including phenoxy) is 1. The Hall–Kier alpha value is -3.58. The molecule has 0 saturated carbocycles. The molecular formula is C25H28N4O3. The number of hydrogen-bond acceptors (Lipinski definition) is 5. The first-order valence-corrected chi connectivity index (χ1v) is 10.5. The zero-order chi connectivity index (χ0) is 23.1. The van der Waals surface area contributed by atoms with Crippen LogP contribution in [0.5, 0.6) is 0 Å². The molecule has 1 atom stereocenters. The van der Waals surface area contributed by atoms with Crippen molar-refractivity contribution in [2.75, 3.05) is 25.2 Å². The van der Waals surface area contributed by atoms with Gasteiger partial charge in [-0.3, -0.25) is 19.6 Å². The second-order valence-corrected chi connectivity index (χ2v) is 7.46. The number of likely N-dealkylation sites (N-methyl/N-ethyl adjacent to an activating group) is 1. The van der Waals surface area contributed by atoms with Gasteiger partial charge >= 0.3 is 0 Å². The van der Waals surface area contributed by atoms with E-state index in [-0.39, 0.29) is 24.5 Å². The van der Waals surface area contributed by atoms with E-state index in [0.29, 0.717) is 23.5 Å². The van der Waals surface area contributed by atoms with Crippen LogP contribution in [0.15, 0.2) is 61.1 Å². The molecule has 0 aliphatic carbocycles. The van der Waals surface area contributed by atoms with Gasteiger partial charge in [-0.05, 0) is 32.4 Å². The summed E-state index contributed by atoms with van der Waals surface area (Å²) in [7, 11) is 1.48. The first kappa shape index (κ1) is 23.1. The van der Waals surface area contributed by atoms with Crippen LogP contribution in [-0.4, -0.2) is 42.0 Å². The third-order valence-electron chi connectivity index (χ3n) is 5.17. The van der Waals surface area contributed by atoms with Crippen molar-refractivity contribution >= 4 is 17.5 Å². The second kappa shape index (κ2) is 10.6. The molecule has 3 rings (SSSR count). The monoisotopic (exact) mass is 432 g/mol. The standard InChI is InChI=1S/C25H28N4O3/c1-5-29(23(30)16-32-4)24-20(19-11-9-17(2)10-12-19)7-6-8-21(24)25(31)28-18(3)22-15-26-13-14-27-22/h6-15,18H,5,16H2,1-4H3,(H,28,31). The largest absolute Gasteiger partial charge is 0.375 e. The molecule has 0 radical (unpaired) electrons. The van der Waals surface area contributed by atoms with Crippen LogP contribution in [0.3, 0.4) is 0 Å². The van der Waals surface area contributed by atoms with Crippen LogP contribution in [0, 0.1) is 6.92 Å². The molecule has 7 heteroatoms. The van der Waals surface area contributed by atoms with Crippen molar-refractivity contribution in [2.45, 2.75) is 26.8 Å². The number of nitrogens with one attached hydrogen (secondary N) is 1. The minimum absolute atomic E-state index is 0.0763. The average Bonchev–Trinajstić information content (AvgIpc) is 2.81. The summed E-state index contributed by atoms with van der Waals surface area (Å²) >= 11 is 0. The maximum Gasteiger partial charge on any atom is 0.253 e. The minimum Gasteiger partial charge on any atom is -0.375 e. The molecule has 0 aliphatic rings. The SMILES string of the molecule is CCN(C(=O)COC)c1c(C(=O)NC(C)c2cnccn2)cccc1-c1ccc(C)cc1. The third-order valence-corrected chi connectivity index (χ3v) is 5.17. The summed E-state index contributed by atoms with van der Waals surface area (Å²) in [6.07, 6.45) is 4.79. The quantitative estimate of drug-likeness (QED) is 0.583.